The lowest BCUT2D eigenvalue weighted by molar-refractivity contribution is -0.128. The van der Waals surface area contributed by atoms with Gasteiger partial charge in [0.15, 0.2) is 0 Å². The number of carbonyl (C=O) groups excluding carboxylic acids is 1. The number of rotatable bonds is 3. The minimum Gasteiger partial charge on any atom is -0.353 e. The van der Waals surface area contributed by atoms with Crippen LogP contribution in [0.1, 0.15) is 65.2 Å². The number of carbonyl (C=O) groups is 1. The van der Waals surface area contributed by atoms with E-state index in [0.29, 0.717) is 17.9 Å². The van der Waals surface area contributed by atoms with E-state index in [9.17, 15) is 4.79 Å². The van der Waals surface area contributed by atoms with E-state index < -0.39 is 0 Å². The van der Waals surface area contributed by atoms with Gasteiger partial charge in [0.25, 0.3) is 0 Å². The second-order valence-electron chi connectivity index (χ2n) is 6.66. The van der Waals surface area contributed by atoms with Gasteiger partial charge in [0.05, 0.1) is 5.92 Å². The van der Waals surface area contributed by atoms with Crippen LogP contribution in [0.3, 0.4) is 0 Å². The summed E-state index contributed by atoms with van der Waals surface area (Å²) in [4.78, 5) is 12.5. The first-order valence-electron chi connectivity index (χ1n) is 8.19. The molecule has 2 aliphatic rings. The van der Waals surface area contributed by atoms with Gasteiger partial charge < -0.3 is 11.1 Å². The SMILES string of the molecule is CCC1CCCCC1NC(=O)C1CCCC(C)C1N. The Labute approximate surface area is 117 Å². The van der Waals surface area contributed by atoms with Gasteiger partial charge >= 0.3 is 0 Å². The molecule has 0 aromatic carbocycles. The van der Waals surface area contributed by atoms with Crippen LogP contribution in [-0.4, -0.2) is 18.0 Å². The predicted octanol–water partition coefficient (Wildman–Crippen LogP) is 2.83. The molecular formula is C16H30N2O. The topological polar surface area (TPSA) is 55.1 Å². The third-order valence-electron chi connectivity index (χ3n) is 5.39. The summed E-state index contributed by atoms with van der Waals surface area (Å²) in [6.07, 6.45) is 9.48. The van der Waals surface area contributed by atoms with Crippen molar-refractivity contribution in [2.24, 2.45) is 23.5 Å². The molecule has 0 radical (unpaired) electrons. The summed E-state index contributed by atoms with van der Waals surface area (Å²) < 4.78 is 0. The fourth-order valence-corrected chi connectivity index (χ4v) is 3.92. The Kier molecular flexibility index (Phi) is 5.26. The largest absolute Gasteiger partial charge is 0.353 e. The van der Waals surface area contributed by atoms with Crippen molar-refractivity contribution in [3.63, 3.8) is 0 Å². The zero-order valence-corrected chi connectivity index (χ0v) is 12.5. The van der Waals surface area contributed by atoms with E-state index in [4.69, 9.17) is 5.73 Å². The number of hydrogen-bond donors (Lipinski definition) is 2. The summed E-state index contributed by atoms with van der Waals surface area (Å²) >= 11 is 0. The van der Waals surface area contributed by atoms with Gasteiger partial charge in [0, 0.05) is 12.1 Å². The first-order chi connectivity index (χ1) is 9.13. The molecule has 2 saturated carbocycles. The van der Waals surface area contributed by atoms with E-state index in [1.807, 2.05) is 0 Å². The Hall–Kier alpha value is -0.570. The van der Waals surface area contributed by atoms with Crippen molar-refractivity contribution < 1.29 is 4.79 Å². The number of nitrogens with two attached hydrogens (primary N) is 1. The van der Waals surface area contributed by atoms with E-state index in [1.54, 1.807) is 0 Å². The molecule has 0 heterocycles. The molecule has 0 aliphatic heterocycles. The smallest absolute Gasteiger partial charge is 0.224 e. The molecule has 3 N–H and O–H groups in total. The normalized spacial score (nSPS) is 39.8. The standard InChI is InChI=1S/C16H30N2O/c1-3-12-8-4-5-10-14(12)18-16(19)13-9-6-7-11(2)15(13)17/h11-15H,3-10,17H2,1-2H3,(H,18,19). The minimum atomic E-state index is 0.0446. The van der Waals surface area contributed by atoms with Crippen LogP contribution in [-0.2, 0) is 4.79 Å². The maximum absolute atomic E-state index is 12.5. The molecule has 3 heteroatoms. The zero-order chi connectivity index (χ0) is 13.8. The van der Waals surface area contributed by atoms with Crippen LogP contribution in [0.15, 0.2) is 0 Å². The van der Waals surface area contributed by atoms with Crippen LogP contribution in [0.4, 0.5) is 0 Å². The Bertz CT molecular complexity index is 305. The van der Waals surface area contributed by atoms with Crippen LogP contribution in [0.2, 0.25) is 0 Å². The zero-order valence-electron chi connectivity index (χ0n) is 12.5. The molecule has 2 rings (SSSR count). The fourth-order valence-electron chi connectivity index (χ4n) is 3.92. The monoisotopic (exact) mass is 266 g/mol. The first kappa shape index (κ1) is 14.8. The molecule has 0 spiro atoms. The van der Waals surface area contributed by atoms with E-state index in [2.05, 4.69) is 19.2 Å². The lowest BCUT2D eigenvalue weighted by Gasteiger charge is -2.36. The molecule has 1 amide bonds. The molecule has 3 nitrogen and oxygen atoms in total. The maximum atomic E-state index is 12.5. The summed E-state index contributed by atoms with van der Waals surface area (Å²) in [6, 6.07) is 0.452. The minimum absolute atomic E-state index is 0.0446. The average Bonchev–Trinajstić information content (AvgIpc) is 2.42. The third-order valence-corrected chi connectivity index (χ3v) is 5.39. The molecule has 0 saturated heterocycles. The number of nitrogens with one attached hydrogen (secondary N) is 1. The Balaban J connectivity index is 1.92. The van der Waals surface area contributed by atoms with E-state index in [1.165, 1.54) is 32.1 Å². The van der Waals surface area contributed by atoms with Gasteiger partial charge in [-0.2, -0.15) is 0 Å². The van der Waals surface area contributed by atoms with Gasteiger partial charge in [-0.05, 0) is 37.5 Å². The van der Waals surface area contributed by atoms with E-state index >= 15 is 0 Å². The van der Waals surface area contributed by atoms with Crippen LogP contribution in [0.25, 0.3) is 0 Å². The van der Waals surface area contributed by atoms with Crippen molar-refractivity contribution in [1.82, 2.24) is 5.32 Å². The third kappa shape index (κ3) is 3.50. The van der Waals surface area contributed by atoms with Crippen molar-refractivity contribution in [3.8, 4) is 0 Å². The van der Waals surface area contributed by atoms with Crippen molar-refractivity contribution in [1.29, 1.82) is 0 Å². The van der Waals surface area contributed by atoms with E-state index in [0.717, 1.165) is 19.3 Å². The first-order valence-corrected chi connectivity index (χ1v) is 8.19. The molecule has 5 unspecified atom stereocenters. The Morgan fingerprint density at radius 3 is 2.63 bits per heavy atom. The lowest BCUT2D eigenvalue weighted by Crippen LogP contribution is -2.51. The van der Waals surface area contributed by atoms with Gasteiger partial charge in [-0.15, -0.1) is 0 Å². The van der Waals surface area contributed by atoms with Gasteiger partial charge in [-0.25, -0.2) is 0 Å². The maximum Gasteiger partial charge on any atom is 0.224 e. The van der Waals surface area contributed by atoms with Gasteiger partial charge in [0.2, 0.25) is 5.91 Å². The molecule has 5 atom stereocenters. The van der Waals surface area contributed by atoms with Crippen molar-refractivity contribution in [2.45, 2.75) is 77.3 Å². The van der Waals surface area contributed by atoms with E-state index in [-0.39, 0.29) is 17.9 Å². The lowest BCUT2D eigenvalue weighted by atomic mass is 9.77. The summed E-state index contributed by atoms with van der Waals surface area (Å²) in [7, 11) is 0. The van der Waals surface area contributed by atoms with Gasteiger partial charge in [0.1, 0.15) is 0 Å². The molecular weight excluding hydrogens is 236 g/mol. The van der Waals surface area contributed by atoms with Gasteiger partial charge in [-0.1, -0.05) is 39.5 Å². The fraction of sp³-hybridized carbons (Fsp3) is 0.938. The Morgan fingerprint density at radius 2 is 1.89 bits per heavy atom. The molecule has 19 heavy (non-hydrogen) atoms. The van der Waals surface area contributed by atoms with Crippen LogP contribution in [0.5, 0.6) is 0 Å². The van der Waals surface area contributed by atoms with Crippen molar-refractivity contribution >= 4 is 5.91 Å². The highest BCUT2D eigenvalue weighted by molar-refractivity contribution is 5.79. The second kappa shape index (κ2) is 6.74. The van der Waals surface area contributed by atoms with Crippen LogP contribution < -0.4 is 11.1 Å². The highest BCUT2D eigenvalue weighted by Crippen LogP contribution is 2.30. The molecule has 0 aromatic rings. The summed E-state index contributed by atoms with van der Waals surface area (Å²) in [5, 5.41) is 3.32. The Morgan fingerprint density at radius 1 is 1.16 bits per heavy atom. The highest BCUT2D eigenvalue weighted by Gasteiger charge is 2.34. The number of hydrogen-bond acceptors (Lipinski definition) is 2. The second-order valence-corrected chi connectivity index (χ2v) is 6.66. The summed E-state index contributed by atoms with van der Waals surface area (Å²) in [5.41, 5.74) is 6.23. The van der Waals surface area contributed by atoms with Gasteiger partial charge in [-0.3, -0.25) is 4.79 Å². The summed E-state index contributed by atoms with van der Waals surface area (Å²) in [6.45, 7) is 4.42. The predicted molar refractivity (Wildman–Crippen MR) is 78.7 cm³/mol. The molecule has 110 valence electrons. The average molecular weight is 266 g/mol. The van der Waals surface area contributed by atoms with Crippen LogP contribution >= 0.6 is 0 Å². The summed E-state index contributed by atoms with van der Waals surface area (Å²) in [5.74, 6) is 1.43. The highest BCUT2D eigenvalue weighted by atomic mass is 16.2. The quantitative estimate of drug-likeness (QED) is 0.825. The number of amides is 1. The molecule has 2 aliphatic carbocycles. The van der Waals surface area contributed by atoms with Crippen LogP contribution in [0, 0.1) is 17.8 Å². The van der Waals surface area contributed by atoms with Crippen molar-refractivity contribution in [2.75, 3.05) is 0 Å². The molecule has 0 bridgehead atoms. The molecule has 0 aromatic heterocycles. The molecule has 2 fully saturated rings. The van der Waals surface area contributed by atoms with Crippen molar-refractivity contribution in [3.05, 3.63) is 0 Å².